The lowest BCUT2D eigenvalue weighted by Crippen LogP contribution is -2.15. The summed E-state index contributed by atoms with van der Waals surface area (Å²) in [5, 5.41) is 5.91. The Morgan fingerprint density at radius 1 is 0.634 bits per heavy atom. The summed E-state index contributed by atoms with van der Waals surface area (Å²) in [6.07, 6.45) is 15.2. The van der Waals surface area contributed by atoms with Gasteiger partial charge in [0.05, 0.1) is 0 Å². The van der Waals surface area contributed by atoms with Crippen LogP contribution in [0.1, 0.15) is 36.1 Å². The zero-order chi connectivity index (χ0) is 28.1. The number of fused-ring (bicyclic) bond motifs is 3. The fourth-order valence-corrected chi connectivity index (χ4v) is 7.17. The number of hydrogen-bond donors (Lipinski definition) is 0. The summed E-state index contributed by atoms with van der Waals surface area (Å²) in [4.78, 5) is 18.1. The molecule has 4 aromatic heterocycles. The topological polar surface area (TPSA) is 51.6 Å². The van der Waals surface area contributed by atoms with Gasteiger partial charge in [-0.3, -0.25) is 9.97 Å². The van der Waals surface area contributed by atoms with Crippen LogP contribution in [0.2, 0.25) is 0 Å². The molecular formula is C35H26N4S2. The Kier molecular flexibility index (Phi) is 6.11. The third kappa shape index (κ3) is 4.10. The molecule has 0 fully saturated rings. The molecule has 0 unspecified atom stereocenters. The number of pyridine rings is 2. The first-order valence-electron chi connectivity index (χ1n) is 13.3. The molecular weight excluding hydrogens is 541 g/mol. The first-order chi connectivity index (χ1) is 20.0. The van der Waals surface area contributed by atoms with Gasteiger partial charge in [-0.2, -0.15) is 0 Å². The summed E-state index contributed by atoms with van der Waals surface area (Å²) in [5.74, 6) is 0. The fraction of sp³-hybridized carbons (Fsp3) is 0.0857. The Hall–Kier alpha value is -4.52. The van der Waals surface area contributed by atoms with Gasteiger partial charge in [0.15, 0.2) is 0 Å². The van der Waals surface area contributed by atoms with Gasteiger partial charge in [-0.1, -0.05) is 51.3 Å². The van der Waals surface area contributed by atoms with Crippen LogP contribution in [-0.2, 0) is 5.41 Å². The van der Waals surface area contributed by atoms with E-state index in [4.69, 9.17) is 0 Å². The number of thiazole rings is 2. The van der Waals surface area contributed by atoms with Crippen LogP contribution in [0.3, 0.4) is 0 Å². The fourth-order valence-electron chi connectivity index (χ4n) is 5.93. The first kappa shape index (κ1) is 25.4. The summed E-state index contributed by atoms with van der Waals surface area (Å²) in [5.41, 5.74) is 13.3. The van der Waals surface area contributed by atoms with E-state index >= 15 is 0 Å². The highest BCUT2D eigenvalue weighted by atomic mass is 32.1. The zero-order valence-electron chi connectivity index (χ0n) is 22.8. The molecule has 0 saturated heterocycles. The van der Waals surface area contributed by atoms with E-state index in [1.807, 2.05) is 60.1 Å². The molecule has 6 heteroatoms. The van der Waals surface area contributed by atoms with Crippen LogP contribution in [0.5, 0.6) is 0 Å². The first-order valence-corrected chi connectivity index (χ1v) is 15.1. The average molecular weight is 567 g/mol. The molecule has 2 aromatic carbocycles. The van der Waals surface area contributed by atoms with Gasteiger partial charge in [0.1, 0.15) is 10.0 Å². The molecule has 0 amide bonds. The molecule has 0 bridgehead atoms. The molecule has 4 nitrogen and oxygen atoms in total. The highest BCUT2D eigenvalue weighted by molar-refractivity contribution is 7.13. The largest absolute Gasteiger partial charge is 0.263 e. The van der Waals surface area contributed by atoms with Crippen molar-refractivity contribution in [3.05, 3.63) is 120 Å². The van der Waals surface area contributed by atoms with Crippen LogP contribution < -0.4 is 0 Å². The summed E-state index contributed by atoms with van der Waals surface area (Å²) in [6, 6.07) is 13.4. The standard InChI is InChI=1S/C35H26N4S2/c1-5-26-27(6-2)32-28-8-7-21(22-13-24(19-36-17-22)33-38-9-11-40-33)15-30(28)35(3,4)31(32)16-29(26)23-14-25(20-37-18-23)34-39-10-12-41-34/h5-20H,1-2H2,3-4H3. The van der Waals surface area contributed by atoms with Crippen molar-refractivity contribution in [2.45, 2.75) is 19.3 Å². The van der Waals surface area contributed by atoms with Crippen molar-refractivity contribution in [3.8, 4) is 54.5 Å². The number of nitrogens with zero attached hydrogens (tertiary/aromatic N) is 4. The van der Waals surface area contributed by atoms with Crippen LogP contribution >= 0.6 is 22.7 Å². The summed E-state index contributed by atoms with van der Waals surface area (Å²) in [6.45, 7) is 13.1. The summed E-state index contributed by atoms with van der Waals surface area (Å²) >= 11 is 3.24. The third-order valence-corrected chi connectivity index (χ3v) is 9.58. The van der Waals surface area contributed by atoms with E-state index in [1.54, 1.807) is 22.7 Å². The van der Waals surface area contributed by atoms with E-state index in [-0.39, 0.29) is 5.41 Å². The molecule has 0 radical (unpaired) electrons. The smallest absolute Gasteiger partial charge is 0.124 e. The van der Waals surface area contributed by atoms with Crippen LogP contribution in [0.15, 0.2) is 97.5 Å². The number of aromatic nitrogens is 4. The second-order valence-electron chi connectivity index (χ2n) is 10.6. The molecule has 7 rings (SSSR count). The van der Waals surface area contributed by atoms with Crippen LogP contribution in [-0.4, -0.2) is 19.9 Å². The van der Waals surface area contributed by atoms with Crippen molar-refractivity contribution in [2.75, 3.05) is 0 Å². The minimum absolute atomic E-state index is 0.229. The van der Waals surface area contributed by atoms with Crippen molar-refractivity contribution in [1.82, 2.24) is 19.9 Å². The maximum atomic E-state index is 4.58. The molecule has 0 aliphatic heterocycles. The predicted octanol–water partition coefficient (Wildman–Crippen LogP) is 9.65. The van der Waals surface area contributed by atoms with E-state index in [0.29, 0.717) is 0 Å². The molecule has 0 spiro atoms. The van der Waals surface area contributed by atoms with Crippen molar-refractivity contribution >= 4 is 34.8 Å². The van der Waals surface area contributed by atoms with Crippen LogP contribution in [0, 0.1) is 0 Å². The Morgan fingerprint density at radius 2 is 1.24 bits per heavy atom. The molecule has 1 aliphatic rings. The second kappa shape index (κ2) is 9.84. The number of benzene rings is 2. The van der Waals surface area contributed by atoms with E-state index in [9.17, 15) is 0 Å². The van der Waals surface area contributed by atoms with Gasteiger partial charge in [0, 0.05) is 75.6 Å². The van der Waals surface area contributed by atoms with Gasteiger partial charge in [0.25, 0.3) is 0 Å². The highest BCUT2D eigenvalue weighted by Crippen LogP contribution is 2.53. The Morgan fingerprint density at radius 3 is 1.85 bits per heavy atom. The van der Waals surface area contributed by atoms with E-state index in [0.717, 1.165) is 54.5 Å². The van der Waals surface area contributed by atoms with E-state index < -0.39 is 0 Å². The monoisotopic (exact) mass is 566 g/mol. The van der Waals surface area contributed by atoms with Gasteiger partial charge in [-0.05, 0) is 68.8 Å². The van der Waals surface area contributed by atoms with Gasteiger partial charge < -0.3 is 0 Å². The SMILES string of the molecule is C=Cc1c(-c2cncc(-c3nccs3)c2)cc2c(c1C=C)-c1ccc(-c3cncc(-c4nccs4)c3)cc1C2(C)C. The van der Waals surface area contributed by atoms with Gasteiger partial charge in [-0.25, -0.2) is 9.97 Å². The summed E-state index contributed by atoms with van der Waals surface area (Å²) in [7, 11) is 0. The second-order valence-corrected chi connectivity index (χ2v) is 12.4. The van der Waals surface area contributed by atoms with Gasteiger partial charge >= 0.3 is 0 Å². The quantitative estimate of drug-likeness (QED) is 0.201. The normalized spacial score (nSPS) is 13.0. The third-order valence-electron chi connectivity index (χ3n) is 7.93. The zero-order valence-corrected chi connectivity index (χ0v) is 24.4. The molecule has 41 heavy (non-hydrogen) atoms. The number of hydrogen-bond acceptors (Lipinski definition) is 6. The number of rotatable bonds is 6. The lowest BCUT2D eigenvalue weighted by Gasteiger charge is -2.24. The van der Waals surface area contributed by atoms with Crippen LogP contribution in [0.25, 0.3) is 66.7 Å². The summed E-state index contributed by atoms with van der Waals surface area (Å²) < 4.78 is 0. The van der Waals surface area contributed by atoms with E-state index in [1.165, 1.54) is 22.3 Å². The average Bonchev–Trinajstić information content (AvgIpc) is 3.78. The van der Waals surface area contributed by atoms with E-state index in [2.05, 4.69) is 83.3 Å². The predicted molar refractivity (Wildman–Crippen MR) is 173 cm³/mol. The minimum atomic E-state index is -0.229. The Balaban J connectivity index is 1.39. The molecule has 4 heterocycles. The molecule has 0 saturated carbocycles. The van der Waals surface area contributed by atoms with Crippen molar-refractivity contribution in [2.24, 2.45) is 0 Å². The molecule has 198 valence electrons. The molecule has 0 atom stereocenters. The molecule has 6 aromatic rings. The van der Waals surface area contributed by atoms with Crippen molar-refractivity contribution in [1.29, 1.82) is 0 Å². The lowest BCUT2D eigenvalue weighted by molar-refractivity contribution is 0.660. The minimum Gasteiger partial charge on any atom is -0.263 e. The van der Waals surface area contributed by atoms with Gasteiger partial charge in [0.2, 0.25) is 0 Å². The highest BCUT2D eigenvalue weighted by Gasteiger charge is 2.38. The molecule has 0 N–H and O–H groups in total. The maximum Gasteiger partial charge on any atom is 0.124 e. The maximum absolute atomic E-state index is 4.58. The molecule has 1 aliphatic carbocycles. The van der Waals surface area contributed by atoms with Gasteiger partial charge in [-0.15, -0.1) is 22.7 Å². The van der Waals surface area contributed by atoms with Crippen molar-refractivity contribution in [3.63, 3.8) is 0 Å². The Labute approximate surface area is 247 Å². The lowest BCUT2D eigenvalue weighted by atomic mass is 9.79. The van der Waals surface area contributed by atoms with Crippen molar-refractivity contribution < 1.29 is 0 Å². The Bertz CT molecular complexity index is 1950. The van der Waals surface area contributed by atoms with Crippen LogP contribution in [0.4, 0.5) is 0 Å².